The van der Waals surface area contributed by atoms with Gasteiger partial charge in [0.25, 0.3) is 0 Å². The van der Waals surface area contributed by atoms with E-state index in [0.29, 0.717) is 18.6 Å². The number of hydrogen-bond donors (Lipinski definition) is 0. The van der Waals surface area contributed by atoms with Gasteiger partial charge in [-0.05, 0) is 43.3 Å². The highest BCUT2D eigenvalue weighted by atomic mass is 16.5. The molecule has 0 aromatic carbocycles. The second kappa shape index (κ2) is 5.39. The fourth-order valence-electron chi connectivity index (χ4n) is 6.04. The predicted octanol–water partition coefficient (Wildman–Crippen LogP) is 3.41. The first-order valence-corrected chi connectivity index (χ1v) is 9.40. The summed E-state index contributed by atoms with van der Waals surface area (Å²) in [5.74, 6) is 0.613. The Labute approximate surface area is 148 Å². The van der Waals surface area contributed by atoms with E-state index in [-0.39, 0.29) is 46.4 Å². The summed E-state index contributed by atoms with van der Waals surface area (Å²) in [7, 11) is 0. The molecule has 0 aromatic heterocycles. The third-order valence-electron chi connectivity index (χ3n) is 7.48. The highest BCUT2D eigenvalue weighted by molar-refractivity contribution is 5.97. The molecule has 2 saturated carbocycles. The fourth-order valence-corrected chi connectivity index (χ4v) is 6.04. The molecule has 4 aliphatic rings. The molecule has 0 aromatic rings. The van der Waals surface area contributed by atoms with E-state index in [0.717, 1.165) is 24.8 Å². The summed E-state index contributed by atoms with van der Waals surface area (Å²) < 4.78 is 5.33. The summed E-state index contributed by atoms with van der Waals surface area (Å²) in [6, 6.07) is 0. The van der Waals surface area contributed by atoms with Gasteiger partial charge < -0.3 is 4.74 Å². The first kappa shape index (κ1) is 16.7. The molecule has 0 aliphatic heterocycles. The molecule has 0 radical (unpaired) electrons. The van der Waals surface area contributed by atoms with Crippen molar-refractivity contribution in [2.24, 2.45) is 28.6 Å². The van der Waals surface area contributed by atoms with E-state index in [2.05, 4.69) is 19.9 Å². The van der Waals surface area contributed by atoms with E-state index in [1.54, 1.807) is 6.08 Å². The van der Waals surface area contributed by atoms with Crippen LogP contribution in [0, 0.1) is 28.6 Å². The Kier molecular flexibility index (Phi) is 3.61. The fraction of sp³-hybridized carbons (Fsp3) is 0.667. The molecular weight excluding hydrogens is 316 g/mol. The van der Waals surface area contributed by atoms with Crippen LogP contribution in [0.2, 0.25) is 0 Å². The highest BCUT2D eigenvalue weighted by Gasteiger charge is 2.60. The van der Waals surface area contributed by atoms with Crippen molar-refractivity contribution >= 4 is 17.5 Å². The molecule has 0 spiro atoms. The Hall–Kier alpha value is -1.71. The lowest BCUT2D eigenvalue weighted by atomic mass is 9.49. The van der Waals surface area contributed by atoms with Gasteiger partial charge in [0.1, 0.15) is 11.9 Å². The molecule has 25 heavy (non-hydrogen) atoms. The van der Waals surface area contributed by atoms with Gasteiger partial charge in [-0.3, -0.25) is 14.4 Å². The van der Waals surface area contributed by atoms with Crippen molar-refractivity contribution in [3.8, 4) is 0 Å². The summed E-state index contributed by atoms with van der Waals surface area (Å²) in [6.45, 7) is 5.70. The lowest BCUT2D eigenvalue weighted by Crippen LogP contribution is -2.52. The second-order valence-corrected chi connectivity index (χ2v) is 8.72. The number of esters is 1. The maximum atomic E-state index is 13.0. The molecule has 0 amide bonds. The standard InChI is InChI=1S/C21H26O4/c1-12(22)25-14-6-8-20(2)13(10-14)11-17(23)19-15-4-5-18(24)21(15,3)9-7-16(19)20/h6,8,11,14-16,19H,4-5,7,9-10H2,1-3H3/t14-,15-,16-,19-,20-,21-/m0/s1. The van der Waals surface area contributed by atoms with E-state index >= 15 is 0 Å². The topological polar surface area (TPSA) is 60.4 Å². The molecule has 0 saturated heterocycles. The van der Waals surface area contributed by atoms with Crippen molar-refractivity contribution in [3.63, 3.8) is 0 Å². The first-order chi connectivity index (χ1) is 11.8. The van der Waals surface area contributed by atoms with Crippen LogP contribution < -0.4 is 0 Å². The van der Waals surface area contributed by atoms with Crippen molar-refractivity contribution in [1.29, 1.82) is 0 Å². The Morgan fingerprint density at radius 2 is 1.96 bits per heavy atom. The number of hydrogen-bond acceptors (Lipinski definition) is 4. The number of carbonyl (C=O) groups excluding carboxylic acids is 3. The molecule has 4 heteroatoms. The van der Waals surface area contributed by atoms with Crippen molar-refractivity contribution < 1.29 is 19.1 Å². The minimum atomic E-state index is -0.308. The zero-order valence-electron chi connectivity index (χ0n) is 15.2. The van der Waals surface area contributed by atoms with E-state index in [9.17, 15) is 14.4 Å². The van der Waals surface area contributed by atoms with Crippen molar-refractivity contribution in [2.45, 2.75) is 59.0 Å². The predicted molar refractivity (Wildman–Crippen MR) is 92.6 cm³/mol. The van der Waals surface area contributed by atoms with Crippen LogP contribution in [0.15, 0.2) is 23.8 Å². The quantitative estimate of drug-likeness (QED) is 0.541. The van der Waals surface area contributed by atoms with Gasteiger partial charge in [0.05, 0.1) is 0 Å². The van der Waals surface area contributed by atoms with Crippen LogP contribution in [0.25, 0.3) is 0 Å². The maximum absolute atomic E-state index is 13.0. The molecule has 4 rings (SSSR count). The Morgan fingerprint density at radius 3 is 2.68 bits per heavy atom. The smallest absolute Gasteiger partial charge is 0.303 e. The lowest BCUT2D eigenvalue weighted by molar-refractivity contribution is -0.144. The minimum absolute atomic E-state index is 0.0473. The van der Waals surface area contributed by atoms with Gasteiger partial charge in [-0.1, -0.05) is 25.5 Å². The molecule has 0 heterocycles. The van der Waals surface area contributed by atoms with Gasteiger partial charge in [0.2, 0.25) is 0 Å². The molecule has 0 N–H and O–H groups in total. The molecule has 4 nitrogen and oxygen atoms in total. The lowest BCUT2D eigenvalue weighted by Gasteiger charge is -2.54. The van der Waals surface area contributed by atoms with Crippen LogP contribution in [0.3, 0.4) is 0 Å². The minimum Gasteiger partial charge on any atom is -0.458 e. The van der Waals surface area contributed by atoms with Crippen LogP contribution in [0.5, 0.6) is 0 Å². The SMILES string of the molecule is CC(=O)O[C@H]1C=C[C@@]2(C)C(=CC(=O)[C@@H]3[C@@H]2CC[C@]2(C)C(=O)CC[C@@H]32)C1. The van der Waals surface area contributed by atoms with Crippen LogP contribution in [-0.2, 0) is 19.1 Å². The summed E-state index contributed by atoms with van der Waals surface area (Å²) in [4.78, 5) is 36.7. The van der Waals surface area contributed by atoms with Gasteiger partial charge in [-0.15, -0.1) is 0 Å². The summed E-state index contributed by atoms with van der Waals surface area (Å²) >= 11 is 0. The molecule has 134 valence electrons. The third kappa shape index (κ3) is 2.29. The van der Waals surface area contributed by atoms with Gasteiger partial charge in [-0.25, -0.2) is 0 Å². The largest absolute Gasteiger partial charge is 0.458 e. The number of ether oxygens (including phenoxy) is 1. The molecule has 0 bridgehead atoms. The van der Waals surface area contributed by atoms with Gasteiger partial charge in [-0.2, -0.15) is 0 Å². The van der Waals surface area contributed by atoms with Crippen molar-refractivity contribution in [3.05, 3.63) is 23.8 Å². The maximum Gasteiger partial charge on any atom is 0.303 e. The van der Waals surface area contributed by atoms with Crippen molar-refractivity contribution in [1.82, 2.24) is 0 Å². The molecular formula is C21H26O4. The monoisotopic (exact) mass is 342 g/mol. The highest BCUT2D eigenvalue weighted by Crippen LogP contribution is 2.62. The van der Waals surface area contributed by atoms with Crippen molar-refractivity contribution in [2.75, 3.05) is 0 Å². The third-order valence-corrected chi connectivity index (χ3v) is 7.48. The summed E-state index contributed by atoms with van der Waals surface area (Å²) in [5, 5.41) is 0. The van der Waals surface area contributed by atoms with Crippen LogP contribution in [0.4, 0.5) is 0 Å². The molecule has 0 unspecified atom stereocenters. The summed E-state index contributed by atoms with van der Waals surface area (Å²) in [6.07, 6.45) is 9.52. The first-order valence-electron chi connectivity index (χ1n) is 9.40. The molecule has 4 aliphatic carbocycles. The van der Waals surface area contributed by atoms with Gasteiger partial charge >= 0.3 is 5.97 Å². The number of ketones is 2. The Morgan fingerprint density at radius 1 is 1.20 bits per heavy atom. The zero-order chi connectivity index (χ0) is 18.0. The number of carbonyl (C=O) groups is 3. The van der Waals surface area contributed by atoms with Crippen LogP contribution >= 0.6 is 0 Å². The number of allylic oxidation sites excluding steroid dienone is 2. The Balaban J connectivity index is 1.70. The van der Waals surface area contributed by atoms with E-state index in [4.69, 9.17) is 4.74 Å². The van der Waals surface area contributed by atoms with E-state index in [1.165, 1.54) is 6.92 Å². The number of Topliss-reactive ketones (excluding diaryl/α,β-unsaturated/α-hetero) is 1. The summed E-state index contributed by atoms with van der Waals surface area (Å²) in [5.41, 5.74) is 0.611. The number of fused-ring (bicyclic) bond motifs is 5. The molecule has 6 atom stereocenters. The van der Waals surface area contributed by atoms with Crippen LogP contribution in [0.1, 0.15) is 52.9 Å². The van der Waals surface area contributed by atoms with Gasteiger partial charge in [0.15, 0.2) is 5.78 Å². The Bertz CT molecular complexity index is 717. The normalized spacial score (nSPS) is 45.3. The van der Waals surface area contributed by atoms with Gasteiger partial charge in [0, 0.05) is 36.5 Å². The molecule has 2 fully saturated rings. The average molecular weight is 342 g/mol. The van der Waals surface area contributed by atoms with E-state index < -0.39 is 0 Å². The number of rotatable bonds is 1. The zero-order valence-corrected chi connectivity index (χ0v) is 15.2. The second-order valence-electron chi connectivity index (χ2n) is 8.72. The van der Waals surface area contributed by atoms with Crippen LogP contribution in [-0.4, -0.2) is 23.6 Å². The van der Waals surface area contributed by atoms with E-state index in [1.807, 2.05) is 6.08 Å². The average Bonchev–Trinajstić information content (AvgIpc) is 2.84.